The first-order valence-electron chi connectivity index (χ1n) is 13.5. The first-order chi connectivity index (χ1) is 18.7. The second-order valence-corrected chi connectivity index (χ2v) is 10.8. The summed E-state index contributed by atoms with van der Waals surface area (Å²) in [4.78, 5) is 28.5. The van der Waals surface area contributed by atoms with E-state index in [-0.39, 0.29) is 16.7 Å². The van der Waals surface area contributed by atoms with Crippen LogP contribution < -0.4 is 14.4 Å². The molecule has 0 aromatic heterocycles. The molecule has 3 aromatic rings. The lowest BCUT2D eigenvalue weighted by Gasteiger charge is -2.27. The van der Waals surface area contributed by atoms with E-state index in [1.165, 1.54) is 4.90 Å². The number of aliphatic hydroxyl groups excluding tert-OH is 1. The number of hydrogen-bond donors (Lipinski definition) is 1. The Morgan fingerprint density at radius 3 is 2.05 bits per heavy atom. The molecule has 1 amide bonds. The molecule has 1 aliphatic heterocycles. The van der Waals surface area contributed by atoms with Crippen LogP contribution in [-0.4, -0.2) is 30.0 Å². The molecular weight excluding hydrogens is 490 g/mol. The van der Waals surface area contributed by atoms with Gasteiger partial charge in [0.2, 0.25) is 0 Å². The molecule has 3 aromatic carbocycles. The van der Waals surface area contributed by atoms with Gasteiger partial charge in [0, 0.05) is 17.3 Å². The number of amides is 1. The van der Waals surface area contributed by atoms with Crippen LogP contribution in [0.5, 0.6) is 11.5 Å². The molecule has 6 nitrogen and oxygen atoms in total. The predicted octanol–water partition coefficient (Wildman–Crippen LogP) is 7.19. The van der Waals surface area contributed by atoms with E-state index in [1.807, 2.05) is 44.2 Å². The predicted molar refractivity (Wildman–Crippen MR) is 154 cm³/mol. The molecule has 1 unspecified atom stereocenters. The zero-order valence-electron chi connectivity index (χ0n) is 23.4. The van der Waals surface area contributed by atoms with Crippen molar-refractivity contribution in [2.75, 3.05) is 18.1 Å². The van der Waals surface area contributed by atoms with Gasteiger partial charge in [0.1, 0.15) is 17.3 Å². The smallest absolute Gasteiger partial charge is 0.300 e. The minimum absolute atomic E-state index is 0.0469. The number of carbonyl (C=O) groups excluding carboxylic acids is 2. The van der Waals surface area contributed by atoms with Crippen molar-refractivity contribution in [1.82, 2.24) is 0 Å². The summed E-state index contributed by atoms with van der Waals surface area (Å²) in [6.07, 6.45) is 1.72. The summed E-state index contributed by atoms with van der Waals surface area (Å²) >= 11 is 0. The Morgan fingerprint density at radius 1 is 0.846 bits per heavy atom. The lowest BCUT2D eigenvalue weighted by Crippen LogP contribution is -2.29. The summed E-state index contributed by atoms with van der Waals surface area (Å²) in [5.41, 5.74) is 2.80. The second kappa shape index (κ2) is 11.8. The van der Waals surface area contributed by atoms with Crippen molar-refractivity contribution in [3.63, 3.8) is 0 Å². The Bertz CT molecular complexity index is 1350. The van der Waals surface area contributed by atoms with E-state index < -0.39 is 17.7 Å². The van der Waals surface area contributed by atoms with Crippen LogP contribution in [0.2, 0.25) is 0 Å². The highest BCUT2D eigenvalue weighted by Crippen LogP contribution is 2.43. The van der Waals surface area contributed by atoms with E-state index in [4.69, 9.17) is 9.47 Å². The van der Waals surface area contributed by atoms with E-state index in [2.05, 4.69) is 20.8 Å². The molecule has 39 heavy (non-hydrogen) atoms. The number of anilines is 1. The van der Waals surface area contributed by atoms with Crippen molar-refractivity contribution < 1.29 is 24.2 Å². The topological polar surface area (TPSA) is 76.1 Å². The Labute approximate surface area is 230 Å². The largest absolute Gasteiger partial charge is 0.507 e. The molecule has 1 aliphatic rings. The van der Waals surface area contributed by atoms with Gasteiger partial charge in [0.15, 0.2) is 0 Å². The average molecular weight is 528 g/mol. The highest BCUT2D eigenvalue weighted by Gasteiger charge is 2.47. The third-order valence-corrected chi connectivity index (χ3v) is 6.71. The Hall–Kier alpha value is -4.06. The SMILES string of the molecule is CCCOc1ccc(/C(O)=C2\C(=O)C(=O)N(c3cccc(OCCC)c3)C2c2ccc(C(C)(C)C)cc2)cc1. The van der Waals surface area contributed by atoms with E-state index in [9.17, 15) is 14.7 Å². The fraction of sp³-hybridized carbons (Fsp3) is 0.333. The van der Waals surface area contributed by atoms with Gasteiger partial charge in [0.25, 0.3) is 11.7 Å². The monoisotopic (exact) mass is 527 g/mol. The molecule has 1 heterocycles. The van der Waals surface area contributed by atoms with Crippen LogP contribution in [0.4, 0.5) is 5.69 Å². The maximum absolute atomic E-state index is 13.5. The maximum atomic E-state index is 13.5. The van der Waals surface area contributed by atoms with Crippen LogP contribution in [0.15, 0.2) is 78.4 Å². The van der Waals surface area contributed by atoms with Crippen LogP contribution in [0.1, 0.15) is 70.2 Å². The van der Waals surface area contributed by atoms with Crippen LogP contribution >= 0.6 is 0 Å². The van der Waals surface area contributed by atoms with Crippen molar-refractivity contribution in [3.05, 3.63) is 95.1 Å². The minimum atomic E-state index is -0.809. The second-order valence-electron chi connectivity index (χ2n) is 10.8. The Morgan fingerprint density at radius 2 is 1.46 bits per heavy atom. The number of nitrogens with zero attached hydrogens (tertiary/aromatic N) is 1. The Kier molecular flexibility index (Phi) is 8.44. The summed E-state index contributed by atoms with van der Waals surface area (Å²) in [5.74, 6) is -0.366. The van der Waals surface area contributed by atoms with Gasteiger partial charge >= 0.3 is 0 Å². The number of aliphatic hydroxyl groups is 1. The number of rotatable bonds is 9. The number of hydrogen-bond acceptors (Lipinski definition) is 5. The zero-order chi connectivity index (χ0) is 28.2. The molecule has 204 valence electrons. The molecule has 1 fully saturated rings. The van der Waals surface area contributed by atoms with E-state index >= 15 is 0 Å². The lowest BCUT2D eigenvalue weighted by atomic mass is 9.85. The molecule has 0 radical (unpaired) electrons. The summed E-state index contributed by atoms with van der Waals surface area (Å²) in [5, 5.41) is 11.4. The third-order valence-electron chi connectivity index (χ3n) is 6.71. The van der Waals surface area contributed by atoms with Crippen LogP contribution in [0.3, 0.4) is 0 Å². The first-order valence-corrected chi connectivity index (χ1v) is 13.5. The molecule has 0 spiro atoms. The normalized spacial score (nSPS) is 16.9. The summed E-state index contributed by atoms with van der Waals surface area (Å²) in [6.45, 7) is 11.6. The zero-order valence-corrected chi connectivity index (χ0v) is 23.4. The van der Waals surface area contributed by atoms with Gasteiger partial charge in [0.05, 0.1) is 24.8 Å². The van der Waals surface area contributed by atoms with Crippen molar-refractivity contribution in [2.45, 2.75) is 58.9 Å². The van der Waals surface area contributed by atoms with E-state index in [0.29, 0.717) is 36.0 Å². The van der Waals surface area contributed by atoms with E-state index in [0.717, 1.165) is 24.0 Å². The number of benzene rings is 3. The van der Waals surface area contributed by atoms with E-state index in [1.54, 1.807) is 42.5 Å². The fourth-order valence-corrected chi connectivity index (χ4v) is 4.61. The quantitative estimate of drug-likeness (QED) is 0.181. The van der Waals surface area contributed by atoms with Gasteiger partial charge < -0.3 is 14.6 Å². The summed E-state index contributed by atoms with van der Waals surface area (Å²) in [7, 11) is 0. The summed E-state index contributed by atoms with van der Waals surface area (Å²) < 4.78 is 11.5. The molecule has 4 rings (SSSR count). The van der Waals surface area contributed by atoms with Crippen LogP contribution in [0, 0.1) is 0 Å². The molecule has 6 heteroatoms. The summed E-state index contributed by atoms with van der Waals surface area (Å²) in [6, 6.07) is 21.1. The van der Waals surface area contributed by atoms with Crippen LogP contribution in [-0.2, 0) is 15.0 Å². The minimum Gasteiger partial charge on any atom is -0.507 e. The van der Waals surface area contributed by atoms with Gasteiger partial charge in [-0.05, 0) is 65.8 Å². The molecule has 0 saturated carbocycles. The van der Waals surface area contributed by atoms with Crippen molar-refractivity contribution in [1.29, 1.82) is 0 Å². The van der Waals surface area contributed by atoms with Crippen LogP contribution in [0.25, 0.3) is 5.76 Å². The standard InChI is InChI=1S/C33H37NO5/c1-6-19-38-26-17-13-23(14-18-26)30(35)28-29(22-11-15-24(16-12-22)33(3,4)5)34(32(37)31(28)36)25-9-8-10-27(21-25)39-20-7-2/h8-18,21,29,35H,6-7,19-20H2,1-5H3/b30-28+. The van der Waals surface area contributed by atoms with Gasteiger partial charge in [-0.15, -0.1) is 0 Å². The molecule has 1 atom stereocenters. The fourth-order valence-electron chi connectivity index (χ4n) is 4.61. The first kappa shape index (κ1) is 28.0. The molecular formula is C33H37NO5. The lowest BCUT2D eigenvalue weighted by molar-refractivity contribution is -0.132. The maximum Gasteiger partial charge on any atom is 0.300 e. The van der Waals surface area contributed by atoms with Crippen molar-refractivity contribution in [3.8, 4) is 11.5 Å². The third kappa shape index (κ3) is 6.00. The number of carbonyl (C=O) groups is 2. The number of Topliss-reactive ketones (excluding diaryl/α,β-unsaturated/α-hetero) is 1. The average Bonchev–Trinajstić information content (AvgIpc) is 3.20. The molecule has 0 bridgehead atoms. The highest BCUT2D eigenvalue weighted by atomic mass is 16.5. The van der Waals surface area contributed by atoms with Crippen molar-refractivity contribution in [2.24, 2.45) is 0 Å². The molecule has 1 saturated heterocycles. The Balaban J connectivity index is 1.84. The highest BCUT2D eigenvalue weighted by molar-refractivity contribution is 6.51. The van der Waals surface area contributed by atoms with Crippen molar-refractivity contribution >= 4 is 23.1 Å². The number of ether oxygens (including phenoxy) is 2. The molecule has 1 N–H and O–H groups in total. The van der Waals surface area contributed by atoms with Gasteiger partial charge in [-0.1, -0.05) is 65.0 Å². The van der Waals surface area contributed by atoms with Gasteiger partial charge in [-0.3, -0.25) is 14.5 Å². The van der Waals surface area contributed by atoms with Gasteiger partial charge in [-0.25, -0.2) is 0 Å². The van der Waals surface area contributed by atoms with Gasteiger partial charge in [-0.2, -0.15) is 0 Å². The molecule has 0 aliphatic carbocycles. The number of ketones is 1.